The molecule has 0 unspecified atom stereocenters. The molecule has 1 aromatic carbocycles. The van der Waals surface area contributed by atoms with Crippen LogP contribution in [0.1, 0.15) is 24.5 Å². The second-order valence-corrected chi connectivity index (χ2v) is 6.77. The van der Waals surface area contributed by atoms with Crippen molar-refractivity contribution in [3.05, 3.63) is 29.3 Å². The molecule has 0 aliphatic rings. The molecule has 1 rings (SSSR count). The molecule has 0 bridgehead atoms. The lowest BCUT2D eigenvalue weighted by atomic mass is 10.1. The number of hydrogen-bond donors (Lipinski definition) is 1. The highest BCUT2D eigenvalue weighted by Crippen LogP contribution is 2.26. The standard InChI is InChI=1S/C14H22N2O3S/c1-5-9-15-13(17)10-16(20(4,18)19)14-11(2)7-6-8-12(14)3/h6-8H,5,9-10H2,1-4H3,(H,15,17). The summed E-state index contributed by atoms with van der Waals surface area (Å²) in [6.07, 6.45) is 1.93. The zero-order chi connectivity index (χ0) is 15.3. The summed E-state index contributed by atoms with van der Waals surface area (Å²) in [5.74, 6) is -0.292. The maximum atomic E-state index is 12.0. The monoisotopic (exact) mass is 298 g/mol. The topological polar surface area (TPSA) is 66.5 Å². The molecule has 0 aliphatic heterocycles. The Morgan fingerprint density at radius 3 is 2.25 bits per heavy atom. The predicted molar refractivity (Wildman–Crippen MR) is 81.4 cm³/mol. The Balaban J connectivity index is 3.12. The maximum Gasteiger partial charge on any atom is 0.240 e. The molecule has 0 saturated carbocycles. The number of benzene rings is 1. The normalized spacial score (nSPS) is 11.2. The van der Waals surface area contributed by atoms with E-state index < -0.39 is 10.0 Å². The molecule has 1 N–H and O–H groups in total. The van der Waals surface area contributed by atoms with Crippen molar-refractivity contribution < 1.29 is 13.2 Å². The van der Waals surface area contributed by atoms with Gasteiger partial charge in [0.15, 0.2) is 0 Å². The van der Waals surface area contributed by atoms with Crippen molar-refractivity contribution >= 4 is 21.6 Å². The Morgan fingerprint density at radius 1 is 1.25 bits per heavy atom. The van der Waals surface area contributed by atoms with Crippen molar-refractivity contribution in [2.75, 3.05) is 23.7 Å². The zero-order valence-electron chi connectivity index (χ0n) is 12.4. The minimum atomic E-state index is -3.51. The third-order valence-corrected chi connectivity index (χ3v) is 4.06. The average Bonchev–Trinajstić information content (AvgIpc) is 2.33. The fourth-order valence-electron chi connectivity index (χ4n) is 2.01. The minimum absolute atomic E-state index is 0.190. The molecule has 20 heavy (non-hydrogen) atoms. The average molecular weight is 298 g/mol. The van der Waals surface area contributed by atoms with Crippen LogP contribution in [0.3, 0.4) is 0 Å². The number of carbonyl (C=O) groups is 1. The highest BCUT2D eigenvalue weighted by atomic mass is 32.2. The predicted octanol–water partition coefficient (Wildman–Crippen LogP) is 1.60. The van der Waals surface area contributed by atoms with E-state index in [1.807, 2.05) is 39.0 Å². The number of amides is 1. The summed E-state index contributed by atoms with van der Waals surface area (Å²) in [5, 5.41) is 2.70. The number of nitrogens with zero attached hydrogens (tertiary/aromatic N) is 1. The van der Waals surface area contributed by atoms with Crippen LogP contribution in [-0.4, -0.2) is 33.7 Å². The molecule has 6 heteroatoms. The molecule has 0 heterocycles. The van der Waals surface area contributed by atoms with Crippen molar-refractivity contribution in [3.63, 3.8) is 0 Å². The van der Waals surface area contributed by atoms with Crippen LogP contribution < -0.4 is 9.62 Å². The molecule has 0 fully saturated rings. The van der Waals surface area contributed by atoms with Crippen molar-refractivity contribution in [2.24, 2.45) is 0 Å². The van der Waals surface area contributed by atoms with Crippen LogP contribution in [0.2, 0.25) is 0 Å². The maximum absolute atomic E-state index is 12.0. The van der Waals surface area contributed by atoms with E-state index in [-0.39, 0.29) is 12.5 Å². The summed E-state index contributed by atoms with van der Waals surface area (Å²) in [4.78, 5) is 11.8. The van der Waals surface area contributed by atoms with E-state index in [4.69, 9.17) is 0 Å². The Hall–Kier alpha value is -1.56. The molecule has 1 amide bonds. The van der Waals surface area contributed by atoms with E-state index in [1.54, 1.807) is 0 Å². The van der Waals surface area contributed by atoms with Gasteiger partial charge in [-0.05, 0) is 31.4 Å². The molecular weight excluding hydrogens is 276 g/mol. The van der Waals surface area contributed by atoms with E-state index in [9.17, 15) is 13.2 Å². The van der Waals surface area contributed by atoms with Crippen LogP contribution in [0.4, 0.5) is 5.69 Å². The summed E-state index contributed by atoms with van der Waals surface area (Å²) < 4.78 is 25.2. The highest BCUT2D eigenvalue weighted by Gasteiger charge is 2.23. The summed E-state index contributed by atoms with van der Waals surface area (Å²) in [5.41, 5.74) is 2.25. The van der Waals surface area contributed by atoms with E-state index in [1.165, 1.54) is 4.31 Å². The number of carbonyl (C=O) groups excluding carboxylic acids is 1. The molecule has 0 aromatic heterocycles. The van der Waals surface area contributed by atoms with Gasteiger partial charge in [0.2, 0.25) is 15.9 Å². The lowest BCUT2D eigenvalue weighted by Gasteiger charge is -2.25. The number of hydrogen-bond acceptors (Lipinski definition) is 3. The summed E-state index contributed by atoms with van der Waals surface area (Å²) in [7, 11) is -3.51. The van der Waals surface area contributed by atoms with Gasteiger partial charge in [-0.2, -0.15) is 0 Å². The number of rotatable bonds is 6. The first-order chi connectivity index (χ1) is 9.27. The second kappa shape index (κ2) is 6.74. The zero-order valence-corrected chi connectivity index (χ0v) is 13.3. The smallest absolute Gasteiger partial charge is 0.240 e. The molecule has 0 saturated heterocycles. The molecule has 1 aromatic rings. The molecule has 5 nitrogen and oxygen atoms in total. The van der Waals surface area contributed by atoms with E-state index in [0.29, 0.717) is 12.2 Å². The van der Waals surface area contributed by atoms with Crippen molar-refractivity contribution in [1.29, 1.82) is 0 Å². The Bertz CT molecular complexity index is 562. The third-order valence-electron chi connectivity index (χ3n) is 2.95. The Labute approximate surface area is 121 Å². The van der Waals surface area contributed by atoms with Crippen LogP contribution in [0, 0.1) is 13.8 Å². The van der Waals surface area contributed by atoms with Crippen LogP contribution in [0.15, 0.2) is 18.2 Å². The molecule has 0 atom stereocenters. The summed E-state index contributed by atoms with van der Waals surface area (Å²) in [6.45, 7) is 5.97. The fraction of sp³-hybridized carbons (Fsp3) is 0.500. The first kappa shape index (κ1) is 16.5. The van der Waals surface area contributed by atoms with E-state index >= 15 is 0 Å². The van der Waals surface area contributed by atoms with Crippen molar-refractivity contribution in [3.8, 4) is 0 Å². The summed E-state index contributed by atoms with van der Waals surface area (Å²) >= 11 is 0. The number of aryl methyl sites for hydroxylation is 2. The van der Waals surface area contributed by atoms with Gasteiger partial charge in [0.1, 0.15) is 6.54 Å². The van der Waals surface area contributed by atoms with Crippen molar-refractivity contribution in [2.45, 2.75) is 27.2 Å². The van der Waals surface area contributed by atoms with Crippen LogP contribution in [0.25, 0.3) is 0 Å². The Morgan fingerprint density at radius 2 is 1.80 bits per heavy atom. The van der Waals surface area contributed by atoms with Crippen LogP contribution >= 0.6 is 0 Å². The van der Waals surface area contributed by atoms with Gasteiger partial charge in [0, 0.05) is 6.54 Å². The highest BCUT2D eigenvalue weighted by molar-refractivity contribution is 7.92. The molecule has 0 radical (unpaired) electrons. The van der Waals surface area contributed by atoms with Gasteiger partial charge in [-0.1, -0.05) is 25.1 Å². The van der Waals surface area contributed by atoms with Gasteiger partial charge >= 0.3 is 0 Å². The molecule has 112 valence electrons. The van der Waals surface area contributed by atoms with Gasteiger partial charge < -0.3 is 5.32 Å². The van der Waals surface area contributed by atoms with E-state index in [2.05, 4.69) is 5.32 Å². The van der Waals surface area contributed by atoms with Gasteiger partial charge in [-0.3, -0.25) is 9.10 Å². The second-order valence-electron chi connectivity index (χ2n) is 4.86. The Kier molecular flexibility index (Phi) is 5.56. The van der Waals surface area contributed by atoms with Crippen molar-refractivity contribution in [1.82, 2.24) is 5.32 Å². The SMILES string of the molecule is CCCNC(=O)CN(c1c(C)cccc1C)S(C)(=O)=O. The van der Waals surface area contributed by atoms with Gasteiger partial charge in [-0.25, -0.2) is 8.42 Å². The fourth-order valence-corrected chi connectivity index (χ4v) is 2.98. The molecular formula is C14H22N2O3S. The van der Waals surface area contributed by atoms with Gasteiger partial charge in [0.05, 0.1) is 11.9 Å². The summed E-state index contributed by atoms with van der Waals surface area (Å²) in [6, 6.07) is 5.54. The largest absolute Gasteiger partial charge is 0.355 e. The third kappa shape index (κ3) is 4.23. The number of sulfonamides is 1. The van der Waals surface area contributed by atoms with Crippen LogP contribution in [0.5, 0.6) is 0 Å². The first-order valence-corrected chi connectivity index (χ1v) is 8.42. The van der Waals surface area contributed by atoms with E-state index in [0.717, 1.165) is 23.8 Å². The number of nitrogens with one attached hydrogen (secondary N) is 1. The first-order valence-electron chi connectivity index (χ1n) is 6.58. The quantitative estimate of drug-likeness (QED) is 0.867. The van der Waals surface area contributed by atoms with Gasteiger partial charge in [-0.15, -0.1) is 0 Å². The molecule has 0 spiro atoms. The number of para-hydroxylation sites is 1. The lowest BCUT2D eigenvalue weighted by Crippen LogP contribution is -2.41. The minimum Gasteiger partial charge on any atom is -0.355 e. The molecule has 0 aliphatic carbocycles. The number of anilines is 1. The van der Waals surface area contributed by atoms with Crippen LogP contribution in [-0.2, 0) is 14.8 Å². The lowest BCUT2D eigenvalue weighted by molar-refractivity contribution is -0.119. The van der Waals surface area contributed by atoms with Gasteiger partial charge in [0.25, 0.3) is 0 Å².